The van der Waals surface area contributed by atoms with Gasteiger partial charge in [0.2, 0.25) is 6.41 Å². The van der Waals surface area contributed by atoms with Crippen molar-refractivity contribution in [2.75, 3.05) is 12.4 Å². The number of carbonyl (C=O) groups is 1. The lowest BCUT2D eigenvalue weighted by molar-refractivity contribution is -0.188. The summed E-state index contributed by atoms with van der Waals surface area (Å²) in [5.74, 6) is 0.812. The molecule has 3 aromatic carbocycles. The lowest BCUT2D eigenvalue weighted by Crippen LogP contribution is -2.57. The van der Waals surface area contributed by atoms with E-state index in [1.165, 1.54) is 12.1 Å². The Bertz CT molecular complexity index is 1330. The molecule has 1 heterocycles. The Morgan fingerprint density at radius 1 is 1.00 bits per heavy atom. The van der Waals surface area contributed by atoms with Gasteiger partial charge in [-0.3, -0.25) is 9.79 Å². The van der Waals surface area contributed by atoms with Crippen molar-refractivity contribution in [3.8, 4) is 5.75 Å². The third-order valence-electron chi connectivity index (χ3n) is 6.83. The van der Waals surface area contributed by atoms with Crippen LogP contribution in [0, 0.1) is 0 Å². The number of anilines is 1. The first-order valence-corrected chi connectivity index (χ1v) is 13.3. The summed E-state index contributed by atoms with van der Waals surface area (Å²) in [4.78, 5) is 16.2. The molecule has 1 aliphatic heterocycles. The zero-order chi connectivity index (χ0) is 28.2. The average Bonchev–Trinajstić information content (AvgIpc) is 3.28. The summed E-state index contributed by atoms with van der Waals surface area (Å²) >= 11 is 1.76. The number of methoxy groups -OCH3 is 1. The summed E-state index contributed by atoms with van der Waals surface area (Å²) in [7, 11) is 1.64. The maximum Gasteiger partial charge on any atom is 0.423 e. The summed E-state index contributed by atoms with van der Waals surface area (Å²) in [6, 6.07) is 19.6. The van der Waals surface area contributed by atoms with Gasteiger partial charge in [0.15, 0.2) is 5.66 Å². The second-order valence-electron chi connectivity index (χ2n) is 9.56. The number of hydrogen-bond acceptors (Lipinski definition) is 6. The minimum absolute atomic E-state index is 0.0313. The third-order valence-corrected chi connectivity index (χ3v) is 7.98. The molecule has 0 aromatic heterocycles. The molecule has 0 fully saturated rings. The first-order valence-electron chi connectivity index (χ1n) is 12.4. The van der Waals surface area contributed by atoms with E-state index < -0.39 is 11.8 Å². The van der Waals surface area contributed by atoms with Crippen LogP contribution in [0.3, 0.4) is 0 Å². The van der Waals surface area contributed by atoms with Crippen molar-refractivity contribution in [2.45, 2.75) is 49.3 Å². The zero-order valence-electron chi connectivity index (χ0n) is 21.7. The molecule has 1 aliphatic rings. The fourth-order valence-electron chi connectivity index (χ4n) is 4.52. The van der Waals surface area contributed by atoms with E-state index in [2.05, 4.69) is 18.3 Å². The molecule has 0 saturated heterocycles. The number of nitrogens with one attached hydrogen (secondary N) is 1. The number of halogens is 3. The lowest BCUT2D eigenvalue weighted by atomic mass is 9.95. The maximum absolute atomic E-state index is 13.2. The number of aliphatic imine (C=N–C) groups is 1. The van der Waals surface area contributed by atoms with Crippen LogP contribution in [0.5, 0.6) is 5.75 Å². The summed E-state index contributed by atoms with van der Waals surface area (Å²) in [6.07, 6.45) is -2.28. The van der Waals surface area contributed by atoms with E-state index in [1.54, 1.807) is 31.0 Å². The smallest absolute Gasteiger partial charge is 0.423 e. The van der Waals surface area contributed by atoms with E-state index in [0.29, 0.717) is 24.9 Å². The Balaban J connectivity index is 1.50. The van der Waals surface area contributed by atoms with E-state index in [4.69, 9.17) is 21.2 Å². The number of thioether (sulfide) groups is 1. The standard InChI is InChI=1S/C29H31F3N4O2S/c1-18-27(36-26(39-18)15-20-6-12-24(38-2)13-7-20)22-9-14-25(35-17-37)21(16-22)8-3-19-4-10-23(11-5-19)28(33,34)29(30,31)32/h4-7,9-14,16-18,27H,3,8,15,33-34H2,1-2H3,(H,35,37). The quantitative estimate of drug-likeness (QED) is 0.226. The van der Waals surface area contributed by atoms with Crippen LogP contribution in [-0.4, -0.2) is 30.0 Å². The monoisotopic (exact) mass is 556 g/mol. The molecule has 2 atom stereocenters. The van der Waals surface area contributed by atoms with E-state index in [9.17, 15) is 18.0 Å². The summed E-state index contributed by atoms with van der Waals surface area (Å²) < 4.78 is 44.7. The molecule has 6 nitrogen and oxygen atoms in total. The summed E-state index contributed by atoms with van der Waals surface area (Å²) in [5, 5.41) is 4.05. The van der Waals surface area contributed by atoms with Crippen molar-refractivity contribution in [1.29, 1.82) is 0 Å². The van der Waals surface area contributed by atoms with Gasteiger partial charge in [-0.1, -0.05) is 55.5 Å². The van der Waals surface area contributed by atoms with Crippen molar-refractivity contribution in [2.24, 2.45) is 16.5 Å². The SMILES string of the molecule is COc1ccc(CC2=NC(c3ccc(NC=O)c(CCc4ccc(C(N)(N)C(F)(F)F)cc4)c3)C(C)S2)cc1. The number of rotatable bonds is 10. The normalized spacial score (nSPS) is 17.6. The fourth-order valence-corrected chi connectivity index (χ4v) is 5.72. The molecule has 0 saturated carbocycles. The largest absolute Gasteiger partial charge is 0.497 e. The third kappa shape index (κ3) is 6.63. The molecule has 0 bridgehead atoms. The second kappa shape index (κ2) is 11.8. The molecule has 206 valence electrons. The van der Waals surface area contributed by atoms with Gasteiger partial charge in [-0.05, 0) is 58.9 Å². The number of ether oxygens (including phenoxy) is 1. The molecular formula is C29H31F3N4O2S. The lowest BCUT2D eigenvalue weighted by Gasteiger charge is -2.27. The number of alkyl halides is 3. The predicted molar refractivity (Wildman–Crippen MR) is 150 cm³/mol. The van der Waals surface area contributed by atoms with Crippen LogP contribution in [0.1, 0.15) is 40.8 Å². The Hall–Kier alpha value is -3.34. The number of nitrogens with zero attached hydrogens (tertiary/aromatic N) is 1. The van der Waals surface area contributed by atoms with Gasteiger partial charge in [-0.2, -0.15) is 13.2 Å². The molecule has 2 unspecified atom stereocenters. The second-order valence-corrected chi connectivity index (χ2v) is 11.0. The van der Waals surface area contributed by atoms with Gasteiger partial charge in [0, 0.05) is 17.4 Å². The van der Waals surface area contributed by atoms with Crippen molar-refractivity contribution in [3.05, 3.63) is 94.5 Å². The fraction of sp³-hybridized carbons (Fsp3) is 0.310. The molecule has 0 aliphatic carbocycles. The minimum atomic E-state index is -4.77. The first kappa shape index (κ1) is 28.7. The van der Waals surface area contributed by atoms with Gasteiger partial charge in [-0.25, -0.2) is 0 Å². The van der Waals surface area contributed by atoms with E-state index in [-0.39, 0.29) is 16.9 Å². The molecule has 10 heteroatoms. The van der Waals surface area contributed by atoms with Gasteiger partial charge in [-0.15, -0.1) is 11.8 Å². The highest BCUT2D eigenvalue weighted by Gasteiger charge is 2.50. The van der Waals surface area contributed by atoms with Crippen molar-refractivity contribution >= 4 is 28.9 Å². The van der Waals surface area contributed by atoms with Crippen LogP contribution in [0.25, 0.3) is 0 Å². The molecule has 5 N–H and O–H groups in total. The van der Waals surface area contributed by atoms with Crippen molar-refractivity contribution in [3.63, 3.8) is 0 Å². The van der Waals surface area contributed by atoms with Gasteiger partial charge in [0.1, 0.15) is 5.75 Å². The highest BCUT2D eigenvalue weighted by molar-refractivity contribution is 8.14. The van der Waals surface area contributed by atoms with Gasteiger partial charge in [0.05, 0.1) is 18.2 Å². The first-order chi connectivity index (χ1) is 18.5. The average molecular weight is 557 g/mol. The van der Waals surface area contributed by atoms with Crippen LogP contribution in [0.15, 0.2) is 71.7 Å². The van der Waals surface area contributed by atoms with Crippen LogP contribution in [-0.2, 0) is 29.7 Å². The van der Waals surface area contributed by atoms with Crippen LogP contribution < -0.4 is 21.5 Å². The molecule has 0 radical (unpaired) electrons. The maximum atomic E-state index is 13.2. The molecule has 3 aromatic rings. The zero-order valence-corrected chi connectivity index (χ0v) is 22.5. The number of nitrogens with two attached hydrogens (primary N) is 2. The number of aryl methyl sites for hydroxylation is 2. The Labute approximate surface area is 230 Å². The highest BCUT2D eigenvalue weighted by atomic mass is 32.2. The number of amides is 1. The molecular weight excluding hydrogens is 525 g/mol. The predicted octanol–water partition coefficient (Wildman–Crippen LogP) is 5.50. The van der Waals surface area contributed by atoms with E-state index in [1.807, 2.05) is 36.4 Å². The highest BCUT2D eigenvalue weighted by Crippen LogP contribution is 2.39. The Morgan fingerprint density at radius 2 is 1.67 bits per heavy atom. The Kier molecular flexibility index (Phi) is 8.68. The van der Waals surface area contributed by atoms with Crippen LogP contribution >= 0.6 is 11.8 Å². The van der Waals surface area contributed by atoms with Crippen molar-refractivity contribution < 1.29 is 22.7 Å². The number of carbonyl (C=O) groups excluding carboxylic acids is 1. The van der Waals surface area contributed by atoms with Gasteiger partial charge >= 0.3 is 6.18 Å². The topological polar surface area (TPSA) is 103 Å². The number of hydrogen-bond donors (Lipinski definition) is 3. The van der Waals surface area contributed by atoms with Crippen LogP contribution in [0.2, 0.25) is 0 Å². The molecule has 1 amide bonds. The molecule has 0 spiro atoms. The van der Waals surface area contributed by atoms with Gasteiger partial charge in [0.25, 0.3) is 0 Å². The van der Waals surface area contributed by atoms with Gasteiger partial charge < -0.3 is 21.5 Å². The number of benzene rings is 3. The molecule has 4 rings (SSSR count). The summed E-state index contributed by atoms with van der Waals surface area (Å²) in [5.41, 5.74) is 12.2. The minimum Gasteiger partial charge on any atom is -0.497 e. The molecule has 39 heavy (non-hydrogen) atoms. The Morgan fingerprint density at radius 3 is 2.28 bits per heavy atom. The van der Waals surface area contributed by atoms with E-state index in [0.717, 1.165) is 39.5 Å². The summed E-state index contributed by atoms with van der Waals surface area (Å²) in [6.45, 7) is 2.15. The van der Waals surface area contributed by atoms with Crippen molar-refractivity contribution in [1.82, 2.24) is 0 Å². The van der Waals surface area contributed by atoms with E-state index >= 15 is 0 Å². The van der Waals surface area contributed by atoms with Crippen LogP contribution in [0.4, 0.5) is 18.9 Å².